The van der Waals surface area contributed by atoms with E-state index in [2.05, 4.69) is 16.0 Å². The van der Waals surface area contributed by atoms with E-state index < -0.39 is 11.4 Å². The molecule has 0 amide bonds. The number of para-hydroxylation sites is 1. The fraction of sp³-hybridized carbons (Fsp3) is 0. The van der Waals surface area contributed by atoms with Crippen molar-refractivity contribution in [3.63, 3.8) is 0 Å². The van der Waals surface area contributed by atoms with Gasteiger partial charge < -0.3 is 0 Å². The van der Waals surface area contributed by atoms with Crippen LogP contribution in [0.5, 0.6) is 0 Å². The lowest BCUT2D eigenvalue weighted by molar-refractivity contribution is 0.629. The molecule has 0 saturated carbocycles. The van der Waals surface area contributed by atoms with Gasteiger partial charge in [0.15, 0.2) is 0 Å². The first kappa shape index (κ1) is 18.5. The molecular formula is C22H12ClFN4O. The van der Waals surface area contributed by atoms with Crippen LogP contribution in [0.4, 0.5) is 4.39 Å². The van der Waals surface area contributed by atoms with E-state index in [9.17, 15) is 14.4 Å². The molecule has 0 aliphatic heterocycles. The summed E-state index contributed by atoms with van der Waals surface area (Å²) in [5.41, 5.74) is 1.35. The van der Waals surface area contributed by atoms with E-state index in [1.165, 1.54) is 22.9 Å². The van der Waals surface area contributed by atoms with E-state index in [0.29, 0.717) is 33.2 Å². The second-order valence-electron chi connectivity index (χ2n) is 6.13. The summed E-state index contributed by atoms with van der Waals surface area (Å²) in [6.07, 6.45) is 6.31. The van der Waals surface area contributed by atoms with Crippen LogP contribution in [0.1, 0.15) is 17.0 Å². The average molecular weight is 403 g/mol. The van der Waals surface area contributed by atoms with Gasteiger partial charge in [-0.1, -0.05) is 23.7 Å². The van der Waals surface area contributed by atoms with Crippen molar-refractivity contribution in [1.82, 2.24) is 14.5 Å². The summed E-state index contributed by atoms with van der Waals surface area (Å²) >= 11 is 6.31. The van der Waals surface area contributed by atoms with E-state index in [0.717, 1.165) is 6.07 Å². The van der Waals surface area contributed by atoms with Crippen molar-refractivity contribution in [1.29, 1.82) is 5.26 Å². The molecule has 2 aromatic heterocycles. The quantitative estimate of drug-likeness (QED) is 0.501. The van der Waals surface area contributed by atoms with Crippen LogP contribution in [-0.2, 0) is 0 Å². The zero-order valence-corrected chi connectivity index (χ0v) is 15.6. The second kappa shape index (κ2) is 7.66. The Bertz CT molecular complexity index is 1370. The molecule has 0 spiro atoms. The normalized spacial score (nSPS) is 11.1. The Morgan fingerprint density at radius 2 is 1.97 bits per heavy atom. The van der Waals surface area contributed by atoms with Crippen LogP contribution in [0.2, 0.25) is 5.02 Å². The Kier molecular flexibility index (Phi) is 4.90. The van der Waals surface area contributed by atoms with Crippen molar-refractivity contribution in [2.75, 3.05) is 0 Å². The van der Waals surface area contributed by atoms with Crippen molar-refractivity contribution in [3.05, 3.63) is 99.1 Å². The average Bonchev–Trinajstić information content (AvgIpc) is 2.74. The predicted molar refractivity (Wildman–Crippen MR) is 110 cm³/mol. The number of nitriles is 1. The van der Waals surface area contributed by atoms with E-state index in [1.54, 1.807) is 48.7 Å². The lowest BCUT2D eigenvalue weighted by atomic mass is 10.1. The summed E-state index contributed by atoms with van der Waals surface area (Å²) in [6.45, 7) is 0. The number of rotatable bonds is 3. The van der Waals surface area contributed by atoms with Gasteiger partial charge in [-0.05, 0) is 54.1 Å². The third kappa shape index (κ3) is 3.51. The van der Waals surface area contributed by atoms with E-state index >= 15 is 0 Å². The maximum atomic E-state index is 13.7. The molecular weight excluding hydrogens is 391 g/mol. The number of hydrogen-bond acceptors (Lipinski definition) is 4. The van der Waals surface area contributed by atoms with E-state index in [-0.39, 0.29) is 5.39 Å². The first-order valence-corrected chi connectivity index (χ1v) is 8.95. The van der Waals surface area contributed by atoms with E-state index in [4.69, 9.17) is 11.6 Å². The number of hydrogen-bond donors (Lipinski definition) is 0. The van der Waals surface area contributed by atoms with Gasteiger partial charge >= 0.3 is 0 Å². The molecule has 0 unspecified atom stereocenters. The van der Waals surface area contributed by atoms with Gasteiger partial charge in [-0.3, -0.25) is 14.3 Å². The second-order valence-corrected chi connectivity index (χ2v) is 6.54. The lowest BCUT2D eigenvalue weighted by Gasteiger charge is -2.13. The van der Waals surface area contributed by atoms with Crippen LogP contribution < -0.4 is 5.56 Å². The molecule has 140 valence electrons. The molecule has 0 aliphatic rings. The van der Waals surface area contributed by atoms with Crippen LogP contribution >= 0.6 is 11.6 Å². The molecule has 0 bridgehead atoms. The van der Waals surface area contributed by atoms with Gasteiger partial charge in [0, 0.05) is 12.4 Å². The maximum Gasteiger partial charge on any atom is 0.266 e. The van der Waals surface area contributed by atoms with Crippen LogP contribution in [-0.4, -0.2) is 14.5 Å². The summed E-state index contributed by atoms with van der Waals surface area (Å²) in [5.74, 6) is -0.233. The largest absolute Gasteiger partial charge is 0.268 e. The maximum absolute atomic E-state index is 13.7. The molecule has 5 nitrogen and oxygen atoms in total. The molecule has 4 aromatic rings. The van der Waals surface area contributed by atoms with E-state index in [1.807, 2.05) is 0 Å². The highest BCUT2D eigenvalue weighted by Gasteiger charge is 2.14. The number of fused-ring (bicyclic) bond motifs is 1. The molecule has 7 heteroatoms. The summed E-state index contributed by atoms with van der Waals surface area (Å²) in [4.78, 5) is 21.6. The third-order valence-corrected chi connectivity index (χ3v) is 4.66. The summed E-state index contributed by atoms with van der Waals surface area (Å²) in [7, 11) is 0. The molecule has 0 radical (unpaired) electrons. The van der Waals surface area contributed by atoms with Crippen molar-refractivity contribution in [3.8, 4) is 11.8 Å². The van der Waals surface area contributed by atoms with Gasteiger partial charge in [0.25, 0.3) is 5.56 Å². The molecule has 2 aromatic carbocycles. The molecule has 2 heterocycles. The van der Waals surface area contributed by atoms with Gasteiger partial charge in [0.2, 0.25) is 0 Å². The Labute approximate surface area is 170 Å². The van der Waals surface area contributed by atoms with Crippen LogP contribution in [0.25, 0.3) is 28.7 Å². The Balaban J connectivity index is 2.00. The fourth-order valence-electron chi connectivity index (χ4n) is 2.96. The standard InChI is InChI=1S/C22H12ClFN4O/c23-18-3-1-2-4-20(18)28-21(8-5-14-9-10-26-13-15(14)12-25)27-19-7-6-16(24)11-17(19)22(28)29/h1-11,13H. The Morgan fingerprint density at radius 3 is 2.76 bits per heavy atom. The van der Waals surface area contributed by atoms with Crippen LogP contribution in [0.15, 0.2) is 65.7 Å². The lowest BCUT2D eigenvalue weighted by Crippen LogP contribution is -2.22. The fourth-order valence-corrected chi connectivity index (χ4v) is 3.18. The minimum atomic E-state index is -0.527. The molecule has 0 atom stereocenters. The van der Waals surface area contributed by atoms with Crippen molar-refractivity contribution in [2.24, 2.45) is 0 Å². The first-order valence-electron chi connectivity index (χ1n) is 8.58. The van der Waals surface area contributed by atoms with Crippen molar-refractivity contribution < 1.29 is 4.39 Å². The molecule has 4 rings (SSSR count). The van der Waals surface area contributed by atoms with Gasteiger partial charge in [0.05, 0.1) is 27.2 Å². The third-order valence-electron chi connectivity index (χ3n) is 4.34. The number of halogens is 2. The number of pyridine rings is 1. The summed E-state index contributed by atoms with van der Waals surface area (Å²) in [5, 5.41) is 9.74. The zero-order valence-electron chi connectivity index (χ0n) is 14.9. The van der Waals surface area contributed by atoms with Crippen molar-refractivity contribution in [2.45, 2.75) is 0 Å². The minimum Gasteiger partial charge on any atom is -0.268 e. The summed E-state index contributed by atoms with van der Waals surface area (Å²) < 4.78 is 15.1. The minimum absolute atomic E-state index is 0.142. The van der Waals surface area contributed by atoms with Gasteiger partial charge in [-0.2, -0.15) is 5.26 Å². The van der Waals surface area contributed by atoms with Crippen molar-refractivity contribution >= 4 is 34.7 Å². The molecule has 0 fully saturated rings. The Morgan fingerprint density at radius 1 is 1.14 bits per heavy atom. The topological polar surface area (TPSA) is 71.6 Å². The number of benzene rings is 2. The van der Waals surface area contributed by atoms with Gasteiger partial charge in [-0.15, -0.1) is 0 Å². The summed E-state index contributed by atoms with van der Waals surface area (Å²) in [6, 6.07) is 14.4. The Hall–Kier alpha value is -3.82. The molecule has 0 aliphatic carbocycles. The number of nitrogens with zero attached hydrogens (tertiary/aromatic N) is 4. The highest BCUT2D eigenvalue weighted by molar-refractivity contribution is 6.32. The highest BCUT2D eigenvalue weighted by atomic mass is 35.5. The van der Waals surface area contributed by atoms with Gasteiger partial charge in [-0.25, -0.2) is 9.37 Å². The predicted octanol–water partition coefficient (Wildman–Crippen LogP) is 4.62. The van der Waals surface area contributed by atoms with Crippen LogP contribution in [0, 0.1) is 17.1 Å². The SMILES string of the molecule is N#Cc1cnccc1C=Cc1nc2ccc(F)cc2c(=O)n1-c1ccccc1Cl. The zero-order chi connectivity index (χ0) is 20.4. The first-order chi connectivity index (χ1) is 14.1. The molecule has 0 saturated heterocycles. The highest BCUT2D eigenvalue weighted by Crippen LogP contribution is 2.22. The molecule has 29 heavy (non-hydrogen) atoms. The smallest absolute Gasteiger partial charge is 0.266 e. The monoisotopic (exact) mass is 402 g/mol. The van der Waals surface area contributed by atoms with Gasteiger partial charge in [0.1, 0.15) is 17.7 Å². The molecule has 0 N–H and O–H groups in total. The van der Waals surface area contributed by atoms with Crippen LogP contribution in [0.3, 0.4) is 0 Å². The number of aromatic nitrogens is 3.